The summed E-state index contributed by atoms with van der Waals surface area (Å²) >= 11 is 0. The molecule has 4 nitrogen and oxygen atoms in total. The fraction of sp³-hybridized carbons (Fsp3) is 0.571. The van der Waals surface area contributed by atoms with Crippen LogP contribution < -0.4 is 10.6 Å². The zero-order chi connectivity index (χ0) is 13.0. The second-order valence-corrected chi connectivity index (χ2v) is 4.94. The van der Waals surface area contributed by atoms with Gasteiger partial charge in [0.2, 0.25) is 0 Å². The molecule has 1 unspecified atom stereocenters. The summed E-state index contributed by atoms with van der Waals surface area (Å²) in [5, 5.41) is 9.17. The average Bonchev–Trinajstić information content (AvgIpc) is 2.63. The standard InChI is InChI=1S/C14H20N4/c1-2-11-4-3-6-18(7-5-11)14-12(9-15)8-13(16)10-17-14/h8,10-11H,2-7,16H2,1H3. The normalized spacial score (nSPS) is 20.2. The van der Waals surface area contributed by atoms with Crippen LogP contribution in [0.15, 0.2) is 12.3 Å². The van der Waals surface area contributed by atoms with E-state index in [4.69, 9.17) is 11.0 Å². The Bertz CT molecular complexity index is 450. The van der Waals surface area contributed by atoms with E-state index in [9.17, 15) is 0 Å². The molecule has 1 atom stereocenters. The lowest BCUT2D eigenvalue weighted by Crippen LogP contribution is -2.26. The van der Waals surface area contributed by atoms with Crippen LogP contribution in [0.2, 0.25) is 0 Å². The van der Waals surface area contributed by atoms with Gasteiger partial charge in [0.1, 0.15) is 11.9 Å². The molecule has 0 aliphatic carbocycles. The first-order chi connectivity index (χ1) is 8.74. The Kier molecular flexibility index (Phi) is 4.03. The predicted molar refractivity (Wildman–Crippen MR) is 73.2 cm³/mol. The van der Waals surface area contributed by atoms with Crippen molar-refractivity contribution in [3.05, 3.63) is 17.8 Å². The van der Waals surface area contributed by atoms with Crippen molar-refractivity contribution < 1.29 is 0 Å². The van der Waals surface area contributed by atoms with Crippen LogP contribution in [-0.2, 0) is 0 Å². The SMILES string of the molecule is CCC1CCCN(c2ncc(N)cc2C#N)CC1. The van der Waals surface area contributed by atoms with E-state index >= 15 is 0 Å². The number of nitrogens with zero attached hydrogens (tertiary/aromatic N) is 3. The monoisotopic (exact) mass is 244 g/mol. The summed E-state index contributed by atoms with van der Waals surface area (Å²) in [6.07, 6.45) is 6.53. The number of pyridine rings is 1. The summed E-state index contributed by atoms with van der Waals surface area (Å²) in [6.45, 7) is 4.23. The van der Waals surface area contributed by atoms with Crippen LogP contribution in [0.25, 0.3) is 0 Å². The van der Waals surface area contributed by atoms with Gasteiger partial charge in [0.25, 0.3) is 0 Å². The molecule has 0 spiro atoms. The molecule has 0 aromatic carbocycles. The van der Waals surface area contributed by atoms with Crippen molar-refractivity contribution in [1.29, 1.82) is 5.26 Å². The van der Waals surface area contributed by atoms with Crippen molar-refractivity contribution in [2.24, 2.45) is 5.92 Å². The van der Waals surface area contributed by atoms with Crippen molar-refractivity contribution in [1.82, 2.24) is 4.98 Å². The molecule has 1 aromatic rings. The molecule has 0 saturated carbocycles. The van der Waals surface area contributed by atoms with Gasteiger partial charge in [0, 0.05) is 13.1 Å². The highest BCUT2D eigenvalue weighted by molar-refractivity contribution is 5.58. The number of rotatable bonds is 2. The van der Waals surface area contributed by atoms with Crippen LogP contribution in [0, 0.1) is 17.2 Å². The van der Waals surface area contributed by atoms with Gasteiger partial charge in [-0.15, -0.1) is 0 Å². The molecule has 2 N–H and O–H groups in total. The van der Waals surface area contributed by atoms with Gasteiger partial charge in [-0.3, -0.25) is 0 Å². The first-order valence-corrected chi connectivity index (χ1v) is 6.65. The Morgan fingerprint density at radius 1 is 1.50 bits per heavy atom. The number of hydrogen-bond acceptors (Lipinski definition) is 4. The topological polar surface area (TPSA) is 65.9 Å². The summed E-state index contributed by atoms with van der Waals surface area (Å²) in [5.41, 5.74) is 6.82. The van der Waals surface area contributed by atoms with Crippen molar-refractivity contribution in [3.8, 4) is 6.07 Å². The number of aromatic nitrogens is 1. The lowest BCUT2D eigenvalue weighted by Gasteiger charge is -2.22. The van der Waals surface area contributed by atoms with Gasteiger partial charge in [-0.25, -0.2) is 4.98 Å². The second kappa shape index (κ2) is 5.72. The molecular weight excluding hydrogens is 224 g/mol. The Morgan fingerprint density at radius 2 is 2.33 bits per heavy atom. The largest absolute Gasteiger partial charge is 0.397 e. The van der Waals surface area contributed by atoms with Gasteiger partial charge in [0.15, 0.2) is 0 Å². The molecule has 96 valence electrons. The summed E-state index contributed by atoms with van der Waals surface area (Å²) in [7, 11) is 0. The minimum absolute atomic E-state index is 0.552. The third-order valence-electron chi connectivity index (χ3n) is 3.73. The number of nitriles is 1. The maximum atomic E-state index is 9.17. The molecule has 1 aliphatic rings. The fourth-order valence-electron chi connectivity index (χ4n) is 2.59. The third kappa shape index (κ3) is 2.73. The third-order valence-corrected chi connectivity index (χ3v) is 3.73. The van der Waals surface area contributed by atoms with E-state index in [0.717, 1.165) is 24.8 Å². The highest BCUT2D eigenvalue weighted by Crippen LogP contribution is 2.25. The van der Waals surface area contributed by atoms with Gasteiger partial charge in [-0.2, -0.15) is 5.26 Å². The molecule has 2 heterocycles. The first kappa shape index (κ1) is 12.7. The molecule has 1 aliphatic heterocycles. The van der Waals surface area contributed by atoms with E-state index in [2.05, 4.69) is 22.9 Å². The smallest absolute Gasteiger partial charge is 0.146 e. The van der Waals surface area contributed by atoms with Gasteiger partial charge in [-0.05, 0) is 31.2 Å². The van der Waals surface area contributed by atoms with Crippen LogP contribution >= 0.6 is 0 Å². The zero-order valence-electron chi connectivity index (χ0n) is 10.9. The van der Waals surface area contributed by atoms with Crippen LogP contribution in [0.1, 0.15) is 38.2 Å². The molecule has 1 saturated heterocycles. The Labute approximate surface area is 108 Å². The van der Waals surface area contributed by atoms with E-state index in [-0.39, 0.29) is 0 Å². The van der Waals surface area contributed by atoms with Gasteiger partial charge >= 0.3 is 0 Å². The van der Waals surface area contributed by atoms with Gasteiger partial charge in [-0.1, -0.05) is 13.3 Å². The molecule has 0 bridgehead atoms. The minimum Gasteiger partial charge on any atom is -0.397 e. The molecule has 1 aromatic heterocycles. The highest BCUT2D eigenvalue weighted by atomic mass is 15.2. The van der Waals surface area contributed by atoms with Crippen LogP contribution in [0.3, 0.4) is 0 Å². The number of nitrogen functional groups attached to an aromatic ring is 1. The van der Waals surface area contributed by atoms with Gasteiger partial charge < -0.3 is 10.6 Å². The lowest BCUT2D eigenvalue weighted by atomic mass is 9.98. The molecule has 1 fully saturated rings. The highest BCUT2D eigenvalue weighted by Gasteiger charge is 2.19. The summed E-state index contributed by atoms with van der Waals surface area (Å²) < 4.78 is 0. The Balaban J connectivity index is 2.19. The first-order valence-electron chi connectivity index (χ1n) is 6.65. The summed E-state index contributed by atoms with van der Waals surface area (Å²) in [6, 6.07) is 3.91. The predicted octanol–water partition coefficient (Wildman–Crippen LogP) is 2.55. The fourth-order valence-corrected chi connectivity index (χ4v) is 2.59. The van der Waals surface area contributed by atoms with Crippen molar-refractivity contribution in [3.63, 3.8) is 0 Å². The average molecular weight is 244 g/mol. The quantitative estimate of drug-likeness (QED) is 0.868. The molecular formula is C14H20N4. The summed E-state index contributed by atoms with van der Waals surface area (Å²) in [5.74, 6) is 1.61. The molecule has 18 heavy (non-hydrogen) atoms. The van der Waals surface area contributed by atoms with E-state index in [1.54, 1.807) is 12.3 Å². The molecule has 0 radical (unpaired) electrons. The van der Waals surface area contributed by atoms with Crippen molar-refractivity contribution in [2.75, 3.05) is 23.7 Å². The maximum Gasteiger partial charge on any atom is 0.146 e. The van der Waals surface area contributed by atoms with E-state index in [0.29, 0.717) is 11.3 Å². The number of anilines is 2. The maximum absolute atomic E-state index is 9.17. The summed E-state index contributed by atoms with van der Waals surface area (Å²) in [4.78, 5) is 6.57. The lowest BCUT2D eigenvalue weighted by molar-refractivity contribution is 0.459. The van der Waals surface area contributed by atoms with E-state index in [1.807, 2.05) is 0 Å². The van der Waals surface area contributed by atoms with Crippen LogP contribution in [0.5, 0.6) is 0 Å². The minimum atomic E-state index is 0.552. The van der Waals surface area contributed by atoms with E-state index in [1.165, 1.54) is 25.7 Å². The van der Waals surface area contributed by atoms with Crippen LogP contribution in [-0.4, -0.2) is 18.1 Å². The number of nitrogens with two attached hydrogens (primary N) is 1. The van der Waals surface area contributed by atoms with E-state index < -0.39 is 0 Å². The zero-order valence-corrected chi connectivity index (χ0v) is 10.9. The Morgan fingerprint density at radius 3 is 3.06 bits per heavy atom. The van der Waals surface area contributed by atoms with Crippen molar-refractivity contribution in [2.45, 2.75) is 32.6 Å². The molecule has 4 heteroatoms. The Hall–Kier alpha value is -1.76. The molecule has 0 amide bonds. The van der Waals surface area contributed by atoms with Gasteiger partial charge in [0.05, 0.1) is 17.4 Å². The van der Waals surface area contributed by atoms with Crippen LogP contribution in [0.4, 0.5) is 11.5 Å². The second-order valence-electron chi connectivity index (χ2n) is 4.94. The number of hydrogen-bond donors (Lipinski definition) is 1. The van der Waals surface area contributed by atoms with Crippen molar-refractivity contribution >= 4 is 11.5 Å². The molecule has 2 rings (SSSR count).